The molecule has 0 spiro atoms. The van der Waals surface area contributed by atoms with E-state index >= 15 is 0 Å². The Hall–Kier alpha value is -1.62. The number of amides is 1. The van der Waals surface area contributed by atoms with Crippen molar-refractivity contribution in [1.82, 2.24) is 5.32 Å². The largest absolute Gasteiger partial charge is 0.389 e. The van der Waals surface area contributed by atoms with Crippen molar-refractivity contribution in [2.24, 2.45) is 5.73 Å². The third kappa shape index (κ3) is 3.94. The van der Waals surface area contributed by atoms with Gasteiger partial charge in [0.1, 0.15) is 4.99 Å². The second-order valence-corrected chi connectivity index (χ2v) is 5.59. The molecule has 0 aromatic heterocycles. The Morgan fingerprint density at radius 1 is 1.10 bits per heavy atom. The first-order valence-corrected chi connectivity index (χ1v) is 7.26. The second kappa shape index (κ2) is 6.89. The predicted octanol–water partition coefficient (Wildman–Crippen LogP) is 3.56. The zero-order chi connectivity index (χ0) is 15.4. The quantitative estimate of drug-likeness (QED) is 0.838. The third-order valence-corrected chi connectivity index (χ3v) is 3.75. The lowest BCUT2D eigenvalue weighted by Crippen LogP contribution is -2.23. The van der Waals surface area contributed by atoms with Gasteiger partial charge in [-0.05, 0) is 17.7 Å². The highest BCUT2D eigenvalue weighted by atomic mass is 35.5. The SMILES string of the molecule is NC(=S)c1ccc(CNC(=O)c2c(Cl)cccc2Cl)cc1. The standard InChI is InChI=1S/C15H12Cl2N2OS/c16-11-2-1-3-12(17)13(11)15(20)19-8-9-4-6-10(7-5-9)14(18)21/h1-7H,8H2,(H2,18,21)(H,19,20). The fraction of sp³-hybridized carbons (Fsp3) is 0.0667. The van der Waals surface area contributed by atoms with Crippen molar-refractivity contribution in [2.45, 2.75) is 6.54 Å². The minimum atomic E-state index is -0.316. The molecule has 0 radical (unpaired) electrons. The van der Waals surface area contributed by atoms with Gasteiger partial charge in [-0.25, -0.2) is 0 Å². The minimum absolute atomic E-state index is 0.278. The summed E-state index contributed by atoms with van der Waals surface area (Å²) in [4.78, 5) is 12.5. The van der Waals surface area contributed by atoms with Crippen LogP contribution in [0.3, 0.4) is 0 Å². The molecule has 108 valence electrons. The molecule has 3 nitrogen and oxygen atoms in total. The molecule has 6 heteroatoms. The number of benzene rings is 2. The van der Waals surface area contributed by atoms with Crippen molar-refractivity contribution in [2.75, 3.05) is 0 Å². The van der Waals surface area contributed by atoms with Gasteiger partial charge in [0.05, 0.1) is 15.6 Å². The van der Waals surface area contributed by atoms with Gasteiger partial charge in [0.15, 0.2) is 0 Å². The normalized spacial score (nSPS) is 10.2. The monoisotopic (exact) mass is 338 g/mol. The van der Waals surface area contributed by atoms with Crippen LogP contribution in [0.2, 0.25) is 10.0 Å². The molecule has 0 heterocycles. The molecule has 0 aliphatic rings. The van der Waals surface area contributed by atoms with E-state index in [2.05, 4.69) is 5.32 Å². The molecule has 0 saturated carbocycles. The fourth-order valence-corrected chi connectivity index (χ4v) is 2.48. The number of nitrogens with one attached hydrogen (secondary N) is 1. The molecule has 2 rings (SSSR count). The molecule has 0 fully saturated rings. The summed E-state index contributed by atoms with van der Waals surface area (Å²) >= 11 is 16.9. The third-order valence-electron chi connectivity index (χ3n) is 2.88. The first-order valence-electron chi connectivity index (χ1n) is 6.10. The summed E-state index contributed by atoms with van der Waals surface area (Å²) in [5.74, 6) is -0.316. The van der Waals surface area contributed by atoms with Crippen LogP contribution in [0.15, 0.2) is 42.5 Å². The smallest absolute Gasteiger partial charge is 0.254 e. The van der Waals surface area contributed by atoms with E-state index in [1.165, 1.54) is 0 Å². The molecule has 1 amide bonds. The van der Waals surface area contributed by atoms with E-state index in [4.69, 9.17) is 41.2 Å². The van der Waals surface area contributed by atoms with Crippen LogP contribution in [0.5, 0.6) is 0 Å². The second-order valence-electron chi connectivity index (χ2n) is 4.34. The lowest BCUT2D eigenvalue weighted by molar-refractivity contribution is 0.0951. The van der Waals surface area contributed by atoms with Crippen LogP contribution in [-0.2, 0) is 6.54 Å². The summed E-state index contributed by atoms with van der Waals surface area (Å²) in [6.07, 6.45) is 0. The van der Waals surface area contributed by atoms with Gasteiger partial charge in [0.25, 0.3) is 5.91 Å². The summed E-state index contributed by atoms with van der Waals surface area (Å²) in [5.41, 5.74) is 7.52. The summed E-state index contributed by atoms with van der Waals surface area (Å²) in [6, 6.07) is 12.3. The van der Waals surface area contributed by atoms with Crippen molar-refractivity contribution in [3.63, 3.8) is 0 Å². The van der Waals surface area contributed by atoms with E-state index in [0.717, 1.165) is 11.1 Å². The highest BCUT2D eigenvalue weighted by Gasteiger charge is 2.13. The number of carbonyl (C=O) groups is 1. The molecule has 0 bridgehead atoms. The lowest BCUT2D eigenvalue weighted by Gasteiger charge is -2.09. The maximum absolute atomic E-state index is 12.1. The van der Waals surface area contributed by atoms with Crippen molar-refractivity contribution in [1.29, 1.82) is 0 Å². The fourth-order valence-electron chi connectivity index (χ4n) is 1.77. The number of halogens is 2. The van der Waals surface area contributed by atoms with Crippen molar-refractivity contribution >= 4 is 46.3 Å². The molecule has 0 aliphatic heterocycles. The predicted molar refractivity (Wildman–Crippen MR) is 90.0 cm³/mol. The average molecular weight is 339 g/mol. The highest BCUT2D eigenvalue weighted by Crippen LogP contribution is 2.24. The van der Waals surface area contributed by atoms with Gasteiger partial charge in [0.2, 0.25) is 0 Å². The van der Waals surface area contributed by atoms with Crippen LogP contribution in [0.4, 0.5) is 0 Å². The molecule has 0 aliphatic carbocycles. The first-order chi connectivity index (χ1) is 9.99. The number of thiocarbonyl (C=S) groups is 1. The van der Waals surface area contributed by atoms with E-state index in [1.807, 2.05) is 24.3 Å². The van der Waals surface area contributed by atoms with Crippen LogP contribution < -0.4 is 11.1 Å². The van der Waals surface area contributed by atoms with Gasteiger partial charge >= 0.3 is 0 Å². The molecule has 0 saturated heterocycles. The van der Waals surface area contributed by atoms with Crippen LogP contribution in [0, 0.1) is 0 Å². The van der Waals surface area contributed by atoms with E-state index in [9.17, 15) is 4.79 Å². The van der Waals surface area contributed by atoms with Gasteiger partial charge in [-0.1, -0.05) is 65.8 Å². The zero-order valence-corrected chi connectivity index (χ0v) is 13.2. The maximum atomic E-state index is 12.1. The van der Waals surface area contributed by atoms with E-state index < -0.39 is 0 Å². The summed E-state index contributed by atoms with van der Waals surface area (Å²) in [5, 5.41) is 3.42. The average Bonchev–Trinajstić information content (AvgIpc) is 2.45. The van der Waals surface area contributed by atoms with Crippen LogP contribution in [0.1, 0.15) is 21.5 Å². The Balaban J connectivity index is 2.06. The van der Waals surface area contributed by atoms with Crippen molar-refractivity contribution in [3.05, 3.63) is 69.2 Å². The Bertz CT molecular complexity index is 666. The molecule has 0 atom stereocenters. The molecule has 3 N–H and O–H groups in total. The minimum Gasteiger partial charge on any atom is -0.389 e. The highest BCUT2D eigenvalue weighted by molar-refractivity contribution is 7.80. The number of nitrogens with two attached hydrogens (primary N) is 1. The first kappa shape index (κ1) is 15.8. The van der Waals surface area contributed by atoms with Crippen molar-refractivity contribution in [3.8, 4) is 0 Å². The molecule has 0 unspecified atom stereocenters. The molecular weight excluding hydrogens is 327 g/mol. The lowest BCUT2D eigenvalue weighted by atomic mass is 10.1. The van der Waals surface area contributed by atoms with Gasteiger partial charge < -0.3 is 11.1 Å². The van der Waals surface area contributed by atoms with E-state index in [1.54, 1.807) is 18.2 Å². The van der Waals surface area contributed by atoms with Crippen LogP contribution in [-0.4, -0.2) is 10.9 Å². The number of rotatable bonds is 4. The molecule has 21 heavy (non-hydrogen) atoms. The number of carbonyl (C=O) groups excluding carboxylic acids is 1. The topological polar surface area (TPSA) is 55.1 Å². The van der Waals surface area contributed by atoms with Gasteiger partial charge in [0, 0.05) is 12.1 Å². The Morgan fingerprint density at radius 3 is 2.19 bits per heavy atom. The van der Waals surface area contributed by atoms with Gasteiger partial charge in [-0.15, -0.1) is 0 Å². The van der Waals surface area contributed by atoms with Gasteiger partial charge in [-0.3, -0.25) is 4.79 Å². The van der Waals surface area contributed by atoms with Gasteiger partial charge in [-0.2, -0.15) is 0 Å². The summed E-state index contributed by atoms with van der Waals surface area (Å²) in [6.45, 7) is 0.359. The summed E-state index contributed by atoms with van der Waals surface area (Å²) in [7, 11) is 0. The van der Waals surface area contributed by atoms with E-state index in [-0.39, 0.29) is 11.5 Å². The zero-order valence-electron chi connectivity index (χ0n) is 10.9. The van der Waals surface area contributed by atoms with Crippen LogP contribution >= 0.6 is 35.4 Å². The molecule has 2 aromatic rings. The molecular formula is C15H12Cl2N2OS. The Labute approximate surface area is 138 Å². The van der Waals surface area contributed by atoms with E-state index in [0.29, 0.717) is 21.6 Å². The summed E-state index contributed by atoms with van der Waals surface area (Å²) < 4.78 is 0. The molecule has 2 aromatic carbocycles. The number of hydrogen-bond donors (Lipinski definition) is 2. The number of hydrogen-bond acceptors (Lipinski definition) is 2. The van der Waals surface area contributed by atoms with Crippen LogP contribution in [0.25, 0.3) is 0 Å². The Morgan fingerprint density at radius 2 is 1.67 bits per heavy atom. The maximum Gasteiger partial charge on any atom is 0.254 e. The Kier molecular flexibility index (Phi) is 5.17. The van der Waals surface area contributed by atoms with Crippen molar-refractivity contribution < 1.29 is 4.79 Å².